The van der Waals surface area contributed by atoms with Gasteiger partial charge in [-0.1, -0.05) is 17.4 Å². The quantitative estimate of drug-likeness (QED) is 0.385. The number of ether oxygens (including phenoxy) is 1. The van der Waals surface area contributed by atoms with Gasteiger partial charge in [0, 0.05) is 17.7 Å². The highest BCUT2D eigenvalue weighted by atomic mass is 32.2. The molecule has 11 nitrogen and oxygen atoms in total. The molecule has 3 rings (SSSR count). The van der Waals surface area contributed by atoms with Gasteiger partial charge >= 0.3 is 0 Å². The number of carbonyl (C=O) groups is 1. The minimum absolute atomic E-state index is 0.000496. The first-order valence-electron chi connectivity index (χ1n) is 9.13. The van der Waals surface area contributed by atoms with Crippen molar-refractivity contribution >= 4 is 43.8 Å². The first-order valence-corrected chi connectivity index (χ1v) is 11.8. The van der Waals surface area contributed by atoms with Crippen LogP contribution in [0.4, 0.5) is 16.5 Å². The van der Waals surface area contributed by atoms with E-state index in [9.17, 15) is 23.3 Å². The lowest BCUT2D eigenvalue weighted by molar-refractivity contribution is -0.384. The molecule has 13 heteroatoms. The van der Waals surface area contributed by atoms with E-state index in [2.05, 4.69) is 15.5 Å². The molecular formula is C19H19N5O6S2. The van der Waals surface area contributed by atoms with Gasteiger partial charge in [0.1, 0.15) is 16.8 Å². The maximum Gasteiger partial charge on any atom is 0.271 e. The summed E-state index contributed by atoms with van der Waals surface area (Å²) in [5.41, 5.74) is 0.476. The van der Waals surface area contributed by atoms with Crippen LogP contribution in [0.5, 0.6) is 5.75 Å². The van der Waals surface area contributed by atoms with Gasteiger partial charge < -0.3 is 4.74 Å². The molecule has 2 aromatic carbocycles. The Labute approximate surface area is 187 Å². The molecule has 0 aliphatic rings. The van der Waals surface area contributed by atoms with Gasteiger partial charge in [-0.2, -0.15) is 0 Å². The van der Waals surface area contributed by atoms with Gasteiger partial charge in [-0.15, -0.1) is 10.2 Å². The molecule has 168 valence electrons. The SMILES string of the molecule is COc1ccc(-c2nnc(NC(=O)[C@H](C)N(c3cccc([N+](=O)[O-])c3)S(C)(=O)=O)s2)cc1. The molecule has 0 saturated heterocycles. The van der Waals surface area contributed by atoms with Gasteiger partial charge in [0.25, 0.3) is 5.69 Å². The van der Waals surface area contributed by atoms with Crippen LogP contribution in [0.1, 0.15) is 6.92 Å². The topological polar surface area (TPSA) is 145 Å². The number of benzene rings is 2. The van der Waals surface area contributed by atoms with Crippen LogP contribution in [0.15, 0.2) is 48.5 Å². The van der Waals surface area contributed by atoms with Crippen LogP contribution in [-0.4, -0.2) is 48.9 Å². The summed E-state index contributed by atoms with van der Waals surface area (Å²) in [6.07, 6.45) is 0.919. The van der Waals surface area contributed by atoms with E-state index in [4.69, 9.17) is 4.74 Å². The van der Waals surface area contributed by atoms with E-state index in [-0.39, 0.29) is 16.5 Å². The van der Waals surface area contributed by atoms with E-state index in [1.807, 2.05) is 0 Å². The molecule has 0 aliphatic carbocycles. The molecule has 0 saturated carbocycles. The number of carbonyl (C=O) groups excluding carboxylic acids is 1. The summed E-state index contributed by atoms with van der Waals surface area (Å²) in [6, 6.07) is 11.0. The predicted octanol–water partition coefficient (Wildman–Crippen LogP) is 2.92. The molecular weight excluding hydrogens is 458 g/mol. The van der Waals surface area contributed by atoms with E-state index < -0.39 is 26.9 Å². The second-order valence-corrected chi connectivity index (χ2v) is 9.48. The summed E-state index contributed by atoms with van der Waals surface area (Å²) < 4.78 is 30.7. The molecule has 0 bridgehead atoms. The lowest BCUT2D eigenvalue weighted by atomic mass is 10.2. The van der Waals surface area contributed by atoms with Crippen molar-refractivity contribution in [2.75, 3.05) is 23.0 Å². The van der Waals surface area contributed by atoms with Crippen LogP contribution in [0.2, 0.25) is 0 Å². The Morgan fingerprint density at radius 1 is 1.22 bits per heavy atom. The van der Waals surface area contributed by atoms with Crippen molar-refractivity contribution in [3.05, 3.63) is 58.6 Å². The maximum atomic E-state index is 12.8. The zero-order chi connectivity index (χ0) is 23.5. The first-order chi connectivity index (χ1) is 15.1. The molecule has 3 aromatic rings. The van der Waals surface area contributed by atoms with E-state index in [1.54, 1.807) is 31.4 Å². The third-order valence-corrected chi connectivity index (χ3v) is 6.51. The standard InChI is InChI=1S/C19H19N5O6S2/c1-12(23(32(3,28)29)14-5-4-6-15(11-14)24(26)27)17(25)20-19-22-21-18(31-19)13-7-9-16(30-2)10-8-13/h4-12H,1-3H3,(H,20,22,25)/t12-/m0/s1. The lowest BCUT2D eigenvalue weighted by Crippen LogP contribution is -2.45. The van der Waals surface area contributed by atoms with Crippen LogP contribution in [0.3, 0.4) is 0 Å². The summed E-state index contributed by atoms with van der Waals surface area (Å²) in [5.74, 6) is 0.0157. The fourth-order valence-electron chi connectivity index (χ4n) is 2.89. The molecule has 32 heavy (non-hydrogen) atoms. The molecule has 1 atom stereocenters. The zero-order valence-corrected chi connectivity index (χ0v) is 18.9. The first kappa shape index (κ1) is 23.1. The molecule has 1 N–H and O–H groups in total. The number of hydrogen-bond acceptors (Lipinski definition) is 9. The number of anilines is 2. The van der Waals surface area contributed by atoms with Gasteiger partial charge in [-0.05, 0) is 37.3 Å². The monoisotopic (exact) mass is 477 g/mol. The van der Waals surface area contributed by atoms with Gasteiger partial charge in [0.2, 0.25) is 21.1 Å². The van der Waals surface area contributed by atoms with Crippen molar-refractivity contribution in [2.24, 2.45) is 0 Å². The van der Waals surface area contributed by atoms with Crippen LogP contribution < -0.4 is 14.4 Å². The number of nitrogens with one attached hydrogen (secondary N) is 1. The van der Waals surface area contributed by atoms with E-state index >= 15 is 0 Å². The Kier molecular flexibility index (Phi) is 6.69. The second kappa shape index (κ2) is 9.28. The third kappa shape index (κ3) is 5.18. The normalized spacial score (nSPS) is 12.1. The Bertz CT molecular complexity index is 1240. The summed E-state index contributed by atoms with van der Waals surface area (Å²) in [5, 5.41) is 22.3. The lowest BCUT2D eigenvalue weighted by Gasteiger charge is -2.27. The molecule has 0 aliphatic heterocycles. The number of nitro benzene ring substituents is 1. The number of sulfonamides is 1. The molecule has 1 heterocycles. The van der Waals surface area contributed by atoms with Crippen LogP contribution >= 0.6 is 11.3 Å². The largest absolute Gasteiger partial charge is 0.497 e. The van der Waals surface area contributed by atoms with E-state index in [0.29, 0.717) is 10.8 Å². The minimum Gasteiger partial charge on any atom is -0.497 e. The Morgan fingerprint density at radius 2 is 1.91 bits per heavy atom. The maximum absolute atomic E-state index is 12.8. The summed E-state index contributed by atoms with van der Waals surface area (Å²) in [4.78, 5) is 23.2. The summed E-state index contributed by atoms with van der Waals surface area (Å²) in [6.45, 7) is 1.38. The predicted molar refractivity (Wildman–Crippen MR) is 120 cm³/mol. The molecule has 0 spiro atoms. The number of methoxy groups -OCH3 is 1. The van der Waals surface area contributed by atoms with E-state index in [1.165, 1.54) is 25.1 Å². The molecule has 0 fully saturated rings. The van der Waals surface area contributed by atoms with Gasteiger partial charge in [0.05, 0.1) is 24.0 Å². The van der Waals surface area contributed by atoms with Gasteiger partial charge in [-0.3, -0.25) is 24.5 Å². The Morgan fingerprint density at radius 3 is 2.50 bits per heavy atom. The molecule has 1 amide bonds. The molecule has 1 aromatic heterocycles. The molecule has 0 radical (unpaired) electrons. The molecule has 0 unspecified atom stereocenters. The number of aromatic nitrogens is 2. The fourth-order valence-corrected chi connectivity index (χ4v) is 4.80. The number of nitro groups is 1. The average Bonchev–Trinajstić information content (AvgIpc) is 3.21. The second-order valence-electron chi connectivity index (χ2n) is 6.64. The van der Waals surface area contributed by atoms with Crippen molar-refractivity contribution in [3.8, 4) is 16.3 Å². The van der Waals surface area contributed by atoms with Gasteiger partial charge in [0.15, 0.2) is 0 Å². The highest BCUT2D eigenvalue weighted by molar-refractivity contribution is 7.92. The highest BCUT2D eigenvalue weighted by Crippen LogP contribution is 2.29. The van der Waals surface area contributed by atoms with Crippen LogP contribution in [0, 0.1) is 10.1 Å². The number of non-ortho nitro benzene ring substituents is 1. The third-order valence-electron chi connectivity index (χ3n) is 4.38. The van der Waals surface area contributed by atoms with Crippen LogP contribution in [0.25, 0.3) is 10.6 Å². The van der Waals surface area contributed by atoms with Crippen molar-refractivity contribution in [1.82, 2.24) is 10.2 Å². The smallest absolute Gasteiger partial charge is 0.271 e. The number of amides is 1. The zero-order valence-electron chi connectivity index (χ0n) is 17.3. The van der Waals surface area contributed by atoms with Crippen molar-refractivity contribution in [3.63, 3.8) is 0 Å². The number of rotatable bonds is 8. The summed E-state index contributed by atoms with van der Waals surface area (Å²) >= 11 is 1.11. The summed E-state index contributed by atoms with van der Waals surface area (Å²) in [7, 11) is -2.38. The Hall–Kier alpha value is -3.58. The fraction of sp³-hybridized carbons (Fsp3) is 0.211. The van der Waals surface area contributed by atoms with Gasteiger partial charge in [-0.25, -0.2) is 8.42 Å². The highest BCUT2D eigenvalue weighted by Gasteiger charge is 2.30. The van der Waals surface area contributed by atoms with E-state index in [0.717, 1.165) is 33.5 Å². The van der Waals surface area contributed by atoms with Crippen molar-refractivity contribution in [1.29, 1.82) is 0 Å². The van der Waals surface area contributed by atoms with Crippen molar-refractivity contribution in [2.45, 2.75) is 13.0 Å². The average molecular weight is 478 g/mol. The number of hydrogen-bond donors (Lipinski definition) is 1. The minimum atomic E-state index is -3.94. The Balaban J connectivity index is 1.82. The number of nitrogens with zero attached hydrogens (tertiary/aromatic N) is 4. The van der Waals surface area contributed by atoms with Crippen molar-refractivity contribution < 1.29 is 22.9 Å². The van der Waals surface area contributed by atoms with Crippen LogP contribution in [-0.2, 0) is 14.8 Å².